The van der Waals surface area contributed by atoms with E-state index in [-0.39, 0.29) is 11.5 Å². The van der Waals surface area contributed by atoms with Gasteiger partial charge in [0.05, 0.1) is 38.2 Å². The molecular weight excluding hydrogens is 300 g/mol. The summed E-state index contributed by atoms with van der Waals surface area (Å²) in [5.41, 5.74) is 0.287. The number of ether oxygens (including phenoxy) is 2. The lowest BCUT2D eigenvalue weighted by atomic mass is 10.2. The molecular formula is C15H18N4O4. The van der Waals surface area contributed by atoms with Crippen LogP contribution in [0.25, 0.3) is 10.9 Å². The fourth-order valence-electron chi connectivity index (χ4n) is 2.63. The van der Waals surface area contributed by atoms with Crippen LogP contribution in [0.15, 0.2) is 16.9 Å². The second kappa shape index (κ2) is 6.25. The van der Waals surface area contributed by atoms with Crippen LogP contribution in [0.3, 0.4) is 0 Å². The molecule has 8 heteroatoms. The third-order valence-electron chi connectivity index (χ3n) is 3.75. The molecule has 0 radical (unpaired) electrons. The molecule has 1 saturated heterocycles. The second-order valence-electron chi connectivity index (χ2n) is 5.30. The summed E-state index contributed by atoms with van der Waals surface area (Å²) in [7, 11) is 3.05. The maximum absolute atomic E-state index is 12.3. The van der Waals surface area contributed by atoms with Crippen LogP contribution < -0.4 is 20.3 Å². The number of rotatable bonds is 4. The number of amides is 1. The molecule has 0 saturated carbocycles. The zero-order chi connectivity index (χ0) is 16.4. The number of aromatic nitrogens is 2. The van der Waals surface area contributed by atoms with E-state index in [4.69, 9.17) is 9.47 Å². The lowest BCUT2D eigenvalue weighted by Crippen LogP contribution is -2.47. The SMILES string of the molecule is COc1cc2nc(CN3CCNC(=O)C3)[nH]c(=O)c2cc1OC. The molecule has 0 unspecified atom stereocenters. The minimum absolute atomic E-state index is 0.0224. The number of fused-ring (bicyclic) bond motifs is 1. The van der Waals surface area contributed by atoms with Crippen molar-refractivity contribution in [1.82, 2.24) is 20.2 Å². The number of aromatic amines is 1. The van der Waals surface area contributed by atoms with E-state index in [2.05, 4.69) is 15.3 Å². The van der Waals surface area contributed by atoms with Gasteiger partial charge in [0, 0.05) is 19.2 Å². The van der Waals surface area contributed by atoms with Gasteiger partial charge in [0.2, 0.25) is 5.91 Å². The number of nitrogens with one attached hydrogen (secondary N) is 2. The Kier molecular flexibility index (Phi) is 4.16. The summed E-state index contributed by atoms with van der Waals surface area (Å²) in [5, 5.41) is 3.20. The van der Waals surface area contributed by atoms with Crippen LogP contribution in [0.4, 0.5) is 0 Å². The number of hydrogen-bond acceptors (Lipinski definition) is 6. The number of H-pyrrole nitrogens is 1. The molecule has 1 aliphatic rings. The number of carbonyl (C=O) groups excluding carboxylic acids is 1. The molecule has 0 spiro atoms. The molecule has 23 heavy (non-hydrogen) atoms. The van der Waals surface area contributed by atoms with Gasteiger partial charge in [-0.25, -0.2) is 4.98 Å². The molecule has 1 aromatic carbocycles. The highest BCUT2D eigenvalue weighted by Gasteiger charge is 2.18. The van der Waals surface area contributed by atoms with Gasteiger partial charge in [0.15, 0.2) is 11.5 Å². The first-order chi connectivity index (χ1) is 11.1. The van der Waals surface area contributed by atoms with Gasteiger partial charge in [0.1, 0.15) is 5.82 Å². The van der Waals surface area contributed by atoms with Crippen molar-refractivity contribution in [3.63, 3.8) is 0 Å². The van der Waals surface area contributed by atoms with E-state index in [9.17, 15) is 9.59 Å². The Balaban J connectivity index is 1.96. The Bertz CT molecular complexity index is 802. The zero-order valence-corrected chi connectivity index (χ0v) is 13.0. The molecule has 0 aliphatic carbocycles. The summed E-state index contributed by atoms with van der Waals surface area (Å²) < 4.78 is 10.5. The normalized spacial score (nSPS) is 15.5. The van der Waals surface area contributed by atoms with E-state index in [0.29, 0.717) is 47.9 Å². The summed E-state index contributed by atoms with van der Waals surface area (Å²) in [6.45, 7) is 2.03. The molecule has 122 valence electrons. The molecule has 1 amide bonds. The Morgan fingerprint density at radius 3 is 2.65 bits per heavy atom. The lowest BCUT2D eigenvalue weighted by molar-refractivity contribution is -0.124. The first kappa shape index (κ1) is 15.3. The zero-order valence-electron chi connectivity index (χ0n) is 13.0. The number of hydrogen-bond donors (Lipinski definition) is 2. The average molecular weight is 318 g/mol. The third kappa shape index (κ3) is 3.11. The van der Waals surface area contributed by atoms with Gasteiger partial charge in [-0.1, -0.05) is 0 Å². The van der Waals surface area contributed by atoms with Crippen LogP contribution in [-0.4, -0.2) is 54.6 Å². The Morgan fingerprint density at radius 1 is 1.22 bits per heavy atom. The van der Waals surface area contributed by atoms with Crippen LogP contribution in [0.2, 0.25) is 0 Å². The molecule has 3 rings (SSSR count). The van der Waals surface area contributed by atoms with Gasteiger partial charge in [0.25, 0.3) is 5.56 Å². The second-order valence-corrected chi connectivity index (χ2v) is 5.30. The maximum atomic E-state index is 12.3. The monoisotopic (exact) mass is 318 g/mol. The van der Waals surface area contributed by atoms with Crippen molar-refractivity contribution in [3.8, 4) is 11.5 Å². The molecule has 2 aromatic rings. The topological polar surface area (TPSA) is 96.5 Å². The number of methoxy groups -OCH3 is 2. The van der Waals surface area contributed by atoms with Crippen molar-refractivity contribution in [2.45, 2.75) is 6.54 Å². The first-order valence-electron chi connectivity index (χ1n) is 7.24. The lowest BCUT2D eigenvalue weighted by Gasteiger charge is -2.25. The summed E-state index contributed by atoms with van der Waals surface area (Å²) in [6.07, 6.45) is 0. The molecule has 0 bridgehead atoms. The maximum Gasteiger partial charge on any atom is 0.258 e. The van der Waals surface area contributed by atoms with Crippen LogP contribution in [0, 0.1) is 0 Å². The van der Waals surface area contributed by atoms with Crippen LogP contribution in [-0.2, 0) is 11.3 Å². The Labute approximate surface area is 132 Å². The number of piperazine rings is 1. The average Bonchev–Trinajstić information content (AvgIpc) is 2.53. The van der Waals surface area contributed by atoms with Crippen LogP contribution in [0.1, 0.15) is 5.82 Å². The molecule has 0 atom stereocenters. The van der Waals surface area contributed by atoms with Crippen LogP contribution in [0.5, 0.6) is 11.5 Å². The van der Waals surface area contributed by atoms with Crippen LogP contribution >= 0.6 is 0 Å². The molecule has 2 heterocycles. The quantitative estimate of drug-likeness (QED) is 0.815. The van der Waals surface area contributed by atoms with Crippen molar-refractivity contribution in [3.05, 3.63) is 28.3 Å². The van der Waals surface area contributed by atoms with Crippen molar-refractivity contribution in [2.24, 2.45) is 0 Å². The minimum Gasteiger partial charge on any atom is -0.493 e. The number of carbonyl (C=O) groups is 1. The number of nitrogens with zero attached hydrogens (tertiary/aromatic N) is 2. The summed E-state index contributed by atoms with van der Waals surface area (Å²) >= 11 is 0. The van der Waals surface area contributed by atoms with Gasteiger partial charge in [-0.15, -0.1) is 0 Å². The van der Waals surface area contributed by atoms with E-state index >= 15 is 0 Å². The molecule has 1 fully saturated rings. The van der Waals surface area contributed by atoms with Crippen molar-refractivity contribution >= 4 is 16.8 Å². The van der Waals surface area contributed by atoms with Gasteiger partial charge in [-0.3, -0.25) is 14.5 Å². The standard InChI is InChI=1S/C15H18N4O4/c1-22-11-5-9-10(6-12(11)23-2)17-13(18-15(9)21)7-19-4-3-16-14(20)8-19/h5-6H,3-4,7-8H2,1-2H3,(H,16,20)(H,17,18,21). The minimum atomic E-state index is -0.243. The summed E-state index contributed by atoms with van der Waals surface area (Å²) in [6, 6.07) is 3.29. The van der Waals surface area contributed by atoms with E-state index in [1.807, 2.05) is 4.90 Å². The van der Waals surface area contributed by atoms with Gasteiger partial charge in [-0.2, -0.15) is 0 Å². The van der Waals surface area contributed by atoms with E-state index in [1.54, 1.807) is 12.1 Å². The van der Waals surface area contributed by atoms with Crippen molar-refractivity contribution in [1.29, 1.82) is 0 Å². The third-order valence-corrected chi connectivity index (χ3v) is 3.75. The number of benzene rings is 1. The highest BCUT2D eigenvalue weighted by atomic mass is 16.5. The van der Waals surface area contributed by atoms with Crippen molar-refractivity contribution < 1.29 is 14.3 Å². The smallest absolute Gasteiger partial charge is 0.258 e. The fraction of sp³-hybridized carbons (Fsp3) is 0.400. The van der Waals surface area contributed by atoms with Gasteiger partial charge >= 0.3 is 0 Å². The Hall–Kier alpha value is -2.61. The molecule has 1 aromatic heterocycles. The molecule has 8 nitrogen and oxygen atoms in total. The Morgan fingerprint density at radius 2 is 1.96 bits per heavy atom. The predicted octanol–water partition coefficient (Wildman–Crippen LogP) is -0.128. The van der Waals surface area contributed by atoms with E-state index in [1.165, 1.54) is 14.2 Å². The highest BCUT2D eigenvalue weighted by molar-refractivity contribution is 5.82. The summed E-state index contributed by atoms with van der Waals surface area (Å²) in [4.78, 5) is 32.9. The fourth-order valence-corrected chi connectivity index (χ4v) is 2.63. The first-order valence-corrected chi connectivity index (χ1v) is 7.24. The van der Waals surface area contributed by atoms with E-state index < -0.39 is 0 Å². The van der Waals surface area contributed by atoms with Gasteiger partial charge < -0.3 is 19.8 Å². The van der Waals surface area contributed by atoms with E-state index in [0.717, 1.165) is 6.54 Å². The largest absolute Gasteiger partial charge is 0.493 e. The predicted molar refractivity (Wildman–Crippen MR) is 83.8 cm³/mol. The summed E-state index contributed by atoms with van der Waals surface area (Å²) in [5.74, 6) is 1.49. The highest BCUT2D eigenvalue weighted by Crippen LogP contribution is 2.29. The molecule has 2 N–H and O–H groups in total. The molecule has 1 aliphatic heterocycles. The van der Waals surface area contributed by atoms with Crippen molar-refractivity contribution in [2.75, 3.05) is 33.9 Å². The van der Waals surface area contributed by atoms with Gasteiger partial charge in [-0.05, 0) is 6.07 Å².